The largest absolute Gasteiger partial charge is 0.444 e. The van der Waals surface area contributed by atoms with E-state index in [1.165, 1.54) is 12.1 Å². The van der Waals surface area contributed by atoms with Crippen LogP contribution in [0, 0.1) is 5.82 Å². The Kier molecular flexibility index (Phi) is 8.61. The Balaban J connectivity index is 1.90. The first-order chi connectivity index (χ1) is 13.7. The Labute approximate surface area is 172 Å². The van der Waals surface area contributed by atoms with E-state index in [0.717, 1.165) is 11.1 Å². The van der Waals surface area contributed by atoms with E-state index in [1.54, 1.807) is 26.8 Å². The summed E-state index contributed by atoms with van der Waals surface area (Å²) in [5, 5.41) is 16.6. The highest BCUT2D eigenvalue weighted by atomic mass is 19.1. The molecule has 6 heteroatoms. The van der Waals surface area contributed by atoms with Crippen molar-refractivity contribution in [2.45, 2.75) is 51.4 Å². The molecule has 0 spiro atoms. The Bertz CT molecular complexity index is 762. The molecular weight excluding hydrogens is 371 g/mol. The molecule has 0 bridgehead atoms. The average molecular weight is 403 g/mol. The zero-order valence-electron chi connectivity index (χ0n) is 17.3. The van der Waals surface area contributed by atoms with Crippen LogP contribution in [0.15, 0.2) is 54.6 Å². The fourth-order valence-electron chi connectivity index (χ4n) is 2.93. The van der Waals surface area contributed by atoms with Crippen LogP contribution in [0.1, 0.15) is 31.9 Å². The molecule has 158 valence electrons. The maximum Gasteiger partial charge on any atom is 0.407 e. The predicted octanol–water partition coefficient (Wildman–Crippen LogP) is 3.45. The number of aliphatic hydroxyl groups excluding tert-OH is 1. The molecule has 0 aliphatic rings. The summed E-state index contributed by atoms with van der Waals surface area (Å²) in [6, 6.07) is 15.6. The van der Waals surface area contributed by atoms with E-state index in [0.29, 0.717) is 25.9 Å². The van der Waals surface area contributed by atoms with Crippen molar-refractivity contribution in [2.75, 3.05) is 13.1 Å². The summed E-state index contributed by atoms with van der Waals surface area (Å²) in [7, 11) is 0. The highest BCUT2D eigenvalue weighted by Crippen LogP contribution is 2.10. The van der Waals surface area contributed by atoms with Gasteiger partial charge >= 0.3 is 6.09 Å². The predicted molar refractivity (Wildman–Crippen MR) is 112 cm³/mol. The molecule has 0 radical (unpaired) electrons. The number of carbonyl (C=O) groups excluding carboxylic acids is 1. The van der Waals surface area contributed by atoms with Gasteiger partial charge in [0.2, 0.25) is 0 Å². The van der Waals surface area contributed by atoms with Gasteiger partial charge in [0, 0.05) is 6.54 Å². The van der Waals surface area contributed by atoms with Gasteiger partial charge in [-0.3, -0.25) is 0 Å². The quantitative estimate of drug-likeness (QED) is 0.562. The minimum absolute atomic E-state index is 0.257. The third-order valence-electron chi connectivity index (χ3n) is 4.30. The molecule has 1 amide bonds. The van der Waals surface area contributed by atoms with Crippen molar-refractivity contribution < 1.29 is 19.0 Å². The minimum Gasteiger partial charge on any atom is -0.444 e. The summed E-state index contributed by atoms with van der Waals surface area (Å²) >= 11 is 0. The Morgan fingerprint density at radius 1 is 1.10 bits per heavy atom. The number of carbonyl (C=O) groups is 1. The van der Waals surface area contributed by atoms with Crippen LogP contribution in [0.5, 0.6) is 0 Å². The maximum atomic E-state index is 13.2. The number of hydrogen-bond acceptors (Lipinski definition) is 4. The van der Waals surface area contributed by atoms with Crippen molar-refractivity contribution in [3.63, 3.8) is 0 Å². The van der Waals surface area contributed by atoms with Gasteiger partial charge in [0.05, 0.1) is 12.1 Å². The second-order valence-electron chi connectivity index (χ2n) is 8.09. The average Bonchev–Trinajstić information content (AvgIpc) is 2.64. The molecule has 2 atom stereocenters. The van der Waals surface area contributed by atoms with E-state index in [4.69, 9.17) is 4.74 Å². The van der Waals surface area contributed by atoms with Gasteiger partial charge in [-0.2, -0.15) is 0 Å². The second kappa shape index (κ2) is 10.9. The topological polar surface area (TPSA) is 70.6 Å². The molecule has 0 aromatic heterocycles. The maximum absolute atomic E-state index is 13.2. The Morgan fingerprint density at radius 3 is 2.45 bits per heavy atom. The molecule has 3 N–H and O–H groups in total. The van der Waals surface area contributed by atoms with Crippen LogP contribution in [0.3, 0.4) is 0 Å². The third kappa shape index (κ3) is 9.07. The van der Waals surface area contributed by atoms with Gasteiger partial charge in [0.25, 0.3) is 0 Å². The number of nitrogens with one attached hydrogen (secondary N) is 2. The van der Waals surface area contributed by atoms with Gasteiger partial charge < -0.3 is 20.5 Å². The number of halogens is 1. The van der Waals surface area contributed by atoms with Crippen LogP contribution in [0.2, 0.25) is 0 Å². The number of benzene rings is 2. The third-order valence-corrected chi connectivity index (χ3v) is 4.30. The SMILES string of the molecule is CC(C)(C)OC(=O)N[C@@H](Cc1ccccc1)[C@H](O)CNCCc1cccc(F)c1. The lowest BCUT2D eigenvalue weighted by molar-refractivity contribution is 0.0423. The Morgan fingerprint density at radius 2 is 1.79 bits per heavy atom. The molecule has 5 nitrogen and oxygen atoms in total. The van der Waals surface area contributed by atoms with Gasteiger partial charge in [-0.05, 0) is 63.4 Å². The van der Waals surface area contributed by atoms with Crippen molar-refractivity contribution >= 4 is 6.09 Å². The number of amides is 1. The summed E-state index contributed by atoms with van der Waals surface area (Å²) in [4.78, 5) is 12.2. The fourth-order valence-corrected chi connectivity index (χ4v) is 2.93. The summed E-state index contributed by atoms with van der Waals surface area (Å²) < 4.78 is 18.6. The lowest BCUT2D eigenvalue weighted by atomic mass is 10.0. The zero-order chi connectivity index (χ0) is 21.3. The van der Waals surface area contributed by atoms with Gasteiger partial charge in [-0.1, -0.05) is 42.5 Å². The molecule has 2 rings (SSSR count). The molecule has 0 fully saturated rings. The number of hydrogen-bond donors (Lipinski definition) is 3. The van der Waals surface area contributed by atoms with E-state index in [9.17, 15) is 14.3 Å². The number of ether oxygens (including phenoxy) is 1. The molecule has 0 saturated heterocycles. The molecule has 0 saturated carbocycles. The molecule has 0 unspecified atom stereocenters. The van der Waals surface area contributed by atoms with Crippen LogP contribution in [-0.4, -0.2) is 42.0 Å². The molecule has 2 aromatic carbocycles. The van der Waals surface area contributed by atoms with Crippen LogP contribution >= 0.6 is 0 Å². The standard InChI is InChI=1S/C23H31FN2O3/c1-23(2,3)29-22(28)26-20(15-17-8-5-4-6-9-17)21(27)16-25-13-12-18-10-7-11-19(24)14-18/h4-11,14,20-21,25,27H,12-13,15-16H2,1-3H3,(H,26,28)/t20-,21+/m0/s1. The molecule has 0 heterocycles. The van der Waals surface area contributed by atoms with Gasteiger partial charge in [0.1, 0.15) is 11.4 Å². The summed E-state index contributed by atoms with van der Waals surface area (Å²) in [6.07, 6.45) is -0.243. The van der Waals surface area contributed by atoms with E-state index in [2.05, 4.69) is 10.6 Å². The highest BCUT2D eigenvalue weighted by molar-refractivity contribution is 5.68. The van der Waals surface area contributed by atoms with Crippen LogP contribution in [-0.2, 0) is 17.6 Å². The minimum atomic E-state index is -0.810. The van der Waals surface area contributed by atoms with Crippen LogP contribution < -0.4 is 10.6 Å². The molecule has 2 aromatic rings. The summed E-state index contributed by atoms with van der Waals surface area (Å²) in [5.41, 5.74) is 1.28. The normalized spacial score (nSPS) is 13.6. The first kappa shape index (κ1) is 22.8. The summed E-state index contributed by atoms with van der Waals surface area (Å²) in [6.45, 7) is 6.27. The van der Waals surface area contributed by atoms with E-state index >= 15 is 0 Å². The first-order valence-corrected chi connectivity index (χ1v) is 9.89. The lowest BCUT2D eigenvalue weighted by Gasteiger charge is -2.27. The van der Waals surface area contributed by atoms with Gasteiger partial charge in [0.15, 0.2) is 0 Å². The van der Waals surface area contributed by atoms with E-state index in [-0.39, 0.29) is 5.82 Å². The van der Waals surface area contributed by atoms with Gasteiger partial charge in [-0.15, -0.1) is 0 Å². The van der Waals surface area contributed by atoms with E-state index in [1.807, 2.05) is 36.4 Å². The van der Waals surface area contributed by atoms with E-state index < -0.39 is 23.8 Å². The number of rotatable bonds is 9. The molecular formula is C23H31FN2O3. The first-order valence-electron chi connectivity index (χ1n) is 9.89. The second-order valence-corrected chi connectivity index (χ2v) is 8.09. The monoisotopic (exact) mass is 402 g/mol. The zero-order valence-corrected chi connectivity index (χ0v) is 17.3. The van der Waals surface area contributed by atoms with Crippen molar-refractivity contribution in [1.82, 2.24) is 10.6 Å². The van der Waals surface area contributed by atoms with Crippen LogP contribution in [0.25, 0.3) is 0 Å². The van der Waals surface area contributed by atoms with Crippen LogP contribution in [0.4, 0.5) is 9.18 Å². The number of aliphatic hydroxyl groups is 1. The fraction of sp³-hybridized carbons (Fsp3) is 0.435. The highest BCUT2D eigenvalue weighted by Gasteiger charge is 2.24. The lowest BCUT2D eigenvalue weighted by Crippen LogP contribution is -2.50. The number of alkyl carbamates (subject to hydrolysis) is 1. The van der Waals surface area contributed by atoms with Crippen molar-refractivity contribution in [3.8, 4) is 0 Å². The van der Waals surface area contributed by atoms with Gasteiger partial charge in [-0.25, -0.2) is 9.18 Å². The molecule has 0 aliphatic heterocycles. The van der Waals surface area contributed by atoms with Crippen molar-refractivity contribution in [2.24, 2.45) is 0 Å². The smallest absolute Gasteiger partial charge is 0.407 e. The summed E-state index contributed by atoms with van der Waals surface area (Å²) in [5.74, 6) is -0.257. The molecule has 29 heavy (non-hydrogen) atoms. The Hall–Kier alpha value is -2.44. The molecule has 0 aliphatic carbocycles. The van der Waals surface area contributed by atoms with Crippen molar-refractivity contribution in [1.29, 1.82) is 0 Å². The van der Waals surface area contributed by atoms with Crippen molar-refractivity contribution in [3.05, 3.63) is 71.5 Å².